The molecule has 96 valence electrons. The maximum absolute atomic E-state index is 11.5. The molecule has 0 spiro atoms. The number of hydrogen-bond donors (Lipinski definition) is 2. The molecule has 1 amide bonds. The Bertz CT molecular complexity index is 506. The minimum atomic E-state index is -1.17. The molecule has 0 saturated carbocycles. The fourth-order valence-corrected chi connectivity index (χ4v) is 1.56. The third kappa shape index (κ3) is 3.62. The molecule has 1 aromatic carbocycles. The summed E-state index contributed by atoms with van der Waals surface area (Å²) in [5.41, 5.74) is 2.41. The fraction of sp³-hybridized carbons (Fsp3) is 0.231. The Morgan fingerprint density at radius 3 is 2.50 bits per heavy atom. The van der Waals surface area contributed by atoms with Crippen LogP contribution in [-0.2, 0) is 9.59 Å². The van der Waals surface area contributed by atoms with Crippen LogP contribution >= 0.6 is 0 Å². The lowest BCUT2D eigenvalue weighted by Gasteiger charge is -2.13. The molecule has 0 aliphatic carbocycles. The third-order valence-electron chi connectivity index (χ3n) is 2.29. The van der Waals surface area contributed by atoms with Crippen LogP contribution < -0.4 is 10.1 Å². The number of benzene rings is 1. The molecular weight excluding hydrogens is 234 g/mol. The highest BCUT2D eigenvalue weighted by Gasteiger charge is 2.09. The summed E-state index contributed by atoms with van der Waals surface area (Å²) < 4.78 is 5.18. The third-order valence-corrected chi connectivity index (χ3v) is 2.29. The van der Waals surface area contributed by atoms with Gasteiger partial charge >= 0.3 is 5.97 Å². The SMILES string of the molecule is COc1cc(C)cc(C)c1NC(=O)/C=C/C(=O)O. The van der Waals surface area contributed by atoms with Gasteiger partial charge in [0.2, 0.25) is 5.91 Å². The topological polar surface area (TPSA) is 75.6 Å². The van der Waals surface area contributed by atoms with Crippen molar-refractivity contribution >= 4 is 17.6 Å². The number of nitrogens with one attached hydrogen (secondary N) is 1. The summed E-state index contributed by atoms with van der Waals surface area (Å²) >= 11 is 0. The van der Waals surface area contributed by atoms with E-state index in [1.54, 1.807) is 6.07 Å². The van der Waals surface area contributed by atoms with Crippen LogP contribution in [0.4, 0.5) is 5.69 Å². The zero-order valence-electron chi connectivity index (χ0n) is 10.5. The molecule has 0 aliphatic heterocycles. The minimum Gasteiger partial charge on any atom is -0.495 e. The first-order valence-corrected chi connectivity index (χ1v) is 5.31. The molecule has 5 heteroatoms. The van der Waals surface area contributed by atoms with Crippen LogP contribution in [0.3, 0.4) is 0 Å². The fourth-order valence-electron chi connectivity index (χ4n) is 1.56. The summed E-state index contributed by atoms with van der Waals surface area (Å²) in [5.74, 6) is -1.13. The molecule has 0 atom stereocenters. The van der Waals surface area contributed by atoms with Crippen LogP contribution in [-0.4, -0.2) is 24.1 Å². The predicted molar refractivity (Wildman–Crippen MR) is 67.9 cm³/mol. The number of aliphatic carboxylic acids is 1. The van der Waals surface area contributed by atoms with Crippen LogP contribution in [0.1, 0.15) is 11.1 Å². The maximum Gasteiger partial charge on any atom is 0.328 e. The molecule has 5 nitrogen and oxygen atoms in total. The van der Waals surface area contributed by atoms with Gasteiger partial charge in [-0.1, -0.05) is 6.07 Å². The van der Waals surface area contributed by atoms with Crippen molar-refractivity contribution < 1.29 is 19.4 Å². The Labute approximate surface area is 105 Å². The largest absolute Gasteiger partial charge is 0.495 e. The number of ether oxygens (including phenoxy) is 1. The molecule has 0 radical (unpaired) electrons. The number of hydrogen-bond acceptors (Lipinski definition) is 3. The van der Waals surface area contributed by atoms with Gasteiger partial charge in [0.05, 0.1) is 12.8 Å². The number of carboxylic acids is 1. The van der Waals surface area contributed by atoms with E-state index in [0.29, 0.717) is 11.4 Å². The smallest absolute Gasteiger partial charge is 0.328 e. The van der Waals surface area contributed by atoms with E-state index >= 15 is 0 Å². The second-order valence-corrected chi connectivity index (χ2v) is 3.82. The second-order valence-electron chi connectivity index (χ2n) is 3.82. The van der Waals surface area contributed by atoms with Crippen molar-refractivity contribution in [3.05, 3.63) is 35.4 Å². The average molecular weight is 249 g/mol. The zero-order valence-corrected chi connectivity index (χ0v) is 10.5. The highest BCUT2D eigenvalue weighted by molar-refractivity contribution is 6.03. The highest BCUT2D eigenvalue weighted by Crippen LogP contribution is 2.29. The molecule has 0 heterocycles. The van der Waals surface area contributed by atoms with Gasteiger partial charge in [-0.2, -0.15) is 0 Å². The Kier molecular flexibility index (Phi) is 4.48. The quantitative estimate of drug-likeness (QED) is 0.799. The van der Waals surface area contributed by atoms with Gasteiger partial charge in [0, 0.05) is 12.2 Å². The molecule has 1 aromatic rings. The van der Waals surface area contributed by atoms with Gasteiger partial charge < -0.3 is 15.2 Å². The second kappa shape index (κ2) is 5.86. The number of carbonyl (C=O) groups is 2. The summed E-state index contributed by atoms with van der Waals surface area (Å²) in [6.45, 7) is 3.76. The molecule has 18 heavy (non-hydrogen) atoms. The summed E-state index contributed by atoms with van der Waals surface area (Å²) in [6.07, 6.45) is 1.74. The van der Waals surface area contributed by atoms with E-state index in [2.05, 4.69) is 5.32 Å². The standard InChI is InChI=1S/C13H15NO4/c1-8-6-9(2)13(10(7-8)18-3)14-11(15)4-5-12(16)17/h4-7H,1-3H3,(H,14,15)(H,16,17)/b5-4+. The molecular formula is C13H15NO4. The molecule has 0 aromatic heterocycles. The van der Waals surface area contributed by atoms with Gasteiger partial charge in [-0.3, -0.25) is 4.79 Å². The number of methoxy groups -OCH3 is 1. The van der Waals surface area contributed by atoms with Crippen molar-refractivity contribution in [3.63, 3.8) is 0 Å². The Morgan fingerprint density at radius 1 is 1.28 bits per heavy atom. The van der Waals surface area contributed by atoms with Crippen molar-refractivity contribution in [1.82, 2.24) is 0 Å². The molecule has 1 rings (SSSR count). The molecule has 0 saturated heterocycles. The lowest BCUT2D eigenvalue weighted by atomic mass is 10.1. The van der Waals surface area contributed by atoms with E-state index in [1.807, 2.05) is 19.9 Å². The van der Waals surface area contributed by atoms with Gasteiger partial charge in [-0.15, -0.1) is 0 Å². The Balaban J connectivity index is 2.97. The first-order chi connectivity index (χ1) is 8.43. The predicted octanol–water partition coefficient (Wildman–Crippen LogP) is 1.89. The molecule has 0 bridgehead atoms. The van der Waals surface area contributed by atoms with Crippen LogP contribution in [0.5, 0.6) is 5.75 Å². The monoisotopic (exact) mass is 249 g/mol. The number of rotatable bonds is 4. The van der Waals surface area contributed by atoms with Gasteiger partial charge in [0.15, 0.2) is 0 Å². The van der Waals surface area contributed by atoms with Gasteiger partial charge in [0.25, 0.3) is 0 Å². The molecule has 0 fully saturated rings. The lowest BCUT2D eigenvalue weighted by molar-refractivity contribution is -0.131. The Hall–Kier alpha value is -2.30. The maximum atomic E-state index is 11.5. The summed E-state index contributed by atoms with van der Waals surface area (Å²) in [7, 11) is 1.51. The van der Waals surface area contributed by atoms with Crippen molar-refractivity contribution in [1.29, 1.82) is 0 Å². The van der Waals surface area contributed by atoms with Crippen molar-refractivity contribution in [2.24, 2.45) is 0 Å². The van der Waals surface area contributed by atoms with Gasteiger partial charge in [0.1, 0.15) is 5.75 Å². The molecule has 0 aliphatic rings. The first kappa shape index (κ1) is 13.8. The lowest BCUT2D eigenvalue weighted by Crippen LogP contribution is -2.11. The Morgan fingerprint density at radius 2 is 1.94 bits per heavy atom. The van der Waals surface area contributed by atoms with Crippen molar-refractivity contribution in [2.45, 2.75) is 13.8 Å². The van der Waals surface area contributed by atoms with Gasteiger partial charge in [-0.05, 0) is 31.0 Å². The zero-order chi connectivity index (χ0) is 13.7. The number of carboxylic acid groups (broad SMARTS) is 1. The summed E-state index contributed by atoms with van der Waals surface area (Å²) in [6, 6.07) is 3.70. The van der Waals surface area contributed by atoms with E-state index < -0.39 is 11.9 Å². The van der Waals surface area contributed by atoms with Crippen LogP contribution in [0.15, 0.2) is 24.3 Å². The summed E-state index contributed by atoms with van der Waals surface area (Å²) in [4.78, 5) is 21.8. The van der Waals surface area contributed by atoms with E-state index in [0.717, 1.165) is 23.3 Å². The average Bonchev–Trinajstić information content (AvgIpc) is 2.29. The van der Waals surface area contributed by atoms with E-state index in [4.69, 9.17) is 9.84 Å². The number of carbonyl (C=O) groups excluding carboxylic acids is 1. The first-order valence-electron chi connectivity index (χ1n) is 5.31. The number of aryl methyl sites for hydroxylation is 2. The molecule has 0 unspecified atom stereocenters. The molecule has 2 N–H and O–H groups in total. The normalized spacial score (nSPS) is 10.4. The van der Waals surface area contributed by atoms with Crippen LogP contribution in [0.2, 0.25) is 0 Å². The van der Waals surface area contributed by atoms with Crippen LogP contribution in [0, 0.1) is 13.8 Å². The van der Waals surface area contributed by atoms with Crippen LogP contribution in [0.25, 0.3) is 0 Å². The highest BCUT2D eigenvalue weighted by atomic mass is 16.5. The summed E-state index contributed by atoms with van der Waals surface area (Å²) in [5, 5.41) is 11.0. The van der Waals surface area contributed by atoms with E-state index in [-0.39, 0.29) is 0 Å². The van der Waals surface area contributed by atoms with Crippen molar-refractivity contribution in [2.75, 3.05) is 12.4 Å². The van der Waals surface area contributed by atoms with Gasteiger partial charge in [-0.25, -0.2) is 4.79 Å². The number of amides is 1. The van der Waals surface area contributed by atoms with E-state index in [9.17, 15) is 9.59 Å². The van der Waals surface area contributed by atoms with E-state index in [1.165, 1.54) is 7.11 Å². The number of anilines is 1. The van der Waals surface area contributed by atoms with Crippen molar-refractivity contribution in [3.8, 4) is 5.75 Å². The minimum absolute atomic E-state index is 0.511.